The molecule has 4 nitrogen and oxygen atoms in total. The van der Waals surface area contributed by atoms with E-state index in [1.807, 2.05) is 0 Å². The molecule has 0 spiro atoms. The van der Waals surface area contributed by atoms with E-state index in [1.165, 1.54) is 17.9 Å². The molecule has 9 heteroatoms. The standard InChI is InChI=1S/C13H10F5N3O/c1-21-6-7(5-19-21)12(22)20-11(13(16,17)18)10-8(14)3-2-4-9(10)15/h2-6,11H,1H3,(H,20,22)/t11-/m1/s1. The molecule has 0 radical (unpaired) electrons. The Labute approximate surface area is 121 Å². The van der Waals surface area contributed by atoms with Crippen molar-refractivity contribution in [1.29, 1.82) is 0 Å². The lowest BCUT2D eigenvalue weighted by Crippen LogP contribution is -2.39. The quantitative estimate of drug-likeness (QED) is 0.884. The summed E-state index contributed by atoms with van der Waals surface area (Å²) in [5.41, 5.74) is -1.42. The molecule has 0 saturated carbocycles. The van der Waals surface area contributed by atoms with Crippen LogP contribution in [0.5, 0.6) is 0 Å². The Balaban J connectivity index is 2.38. The number of hydrogen-bond donors (Lipinski definition) is 1. The van der Waals surface area contributed by atoms with Gasteiger partial charge in [-0.25, -0.2) is 8.78 Å². The van der Waals surface area contributed by atoms with Crippen molar-refractivity contribution in [1.82, 2.24) is 15.1 Å². The predicted octanol–water partition coefficient (Wildman–Crippen LogP) is 2.73. The Bertz CT molecular complexity index is 675. The maximum absolute atomic E-state index is 13.6. The monoisotopic (exact) mass is 319 g/mol. The highest BCUT2D eigenvalue weighted by molar-refractivity contribution is 5.94. The molecule has 1 N–H and O–H groups in total. The van der Waals surface area contributed by atoms with Crippen molar-refractivity contribution in [2.75, 3.05) is 0 Å². The molecule has 1 aromatic heterocycles. The van der Waals surface area contributed by atoms with Crippen molar-refractivity contribution >= 4 is 5.91 Å². The minimum absolute atomic E-state index is 0.159. The average molecular weight is 319 g/mol. The van der Waals surface area contributed by atoms with Crippen molar-refractivity contribution in [3.63, 3.8) is 0 Å². The summed E-state index contributed by atoms with van der Waals surface area (Å²) >= 11 is 0. The summed E-state index contributed by atoms with van der Waals surface area (Å²) < 4.78 is 67.6. The molecule has 0 unspecified atom stereocenters. The fraction of sp³-hybridized carbons (Fsp3) is 0.231. The first-order valence-corrected chi connectivity index (χ1v) is 6.00. The number of halogens is 5. The van der Waals surface area contributed by atoms with Crippen LogP contribution in [-0.2, 0) is 7.05 Å². The largest absolute Gasteiger partial charge is 0.413 e. The highest BCUT2D eigenvalue weighted by Gasteiger charge is 2.45. The first kappa shape index (κ1) is 15.9. The number of alkyl halides is 3. The summed E-state index contributed by atoms with van der Waals surface area (Å²) in [6.45, 7) is 0. The van der Waals surface area contributed by atoms with Gasteiger partial charge in [-0.05, 0) is 12.1 Å². The van der Waals surface area contributed by atoms with Gasteiger partial charge in [0.1, 0.15) is 11.6 Å². The number of rotatable bonds is 3. The third kappa shape index (κ3) is 3.23. The number of nitrogens with one attached hydrogen (secondary N) is 1. The fourth-order valence-electron chi connectivity index (χ4n) is 1.86. The topological polar surface area (TPSA) is 46.9 Å². The number of aromatic nitrogens is 2. The molecule has 1 atom stereocenters. The van der Waals surface area contributed by atoms with Crippen molar-refractivity contribution in [3.8, 4) is 0 Å². The molecule has 0 aliphatic rings. The van der Waals surface area contributed by atoms with Crippen molar-refractivity contribution in [3.05, 3.63) is 53.4 Å². The van der Waals surface area contributed by atoms with Crippen LogP contribution in [-0.4, -0.2) is 21.9 Å². The number of hydrogen-bond acceptors (Lipinski definition) is 2. The Morgan fingerprint density at radius 1 is 1.27 bits per heavy atom. The van der Waals surface area contributed by atoms with Crippen LogP contribution in [0, 0.1) is 11.6 Å². The Morgan fingerprint density at radius 3 is 2.32 bits per heavy atom. The summed E-state index contributed by atoms with van der Waals surface area (Å²) in [5, 5.41) is 5.23. The number of benzene rings is 1. The van der Waals surface area contributed by atoms with Crippen LogP contribution in [0.15, 0.2) is 30.6 Å². The zero-order valence-electron chi connectivity index (χ0n) is 11.2. The van der Waals surface area contributed by atoms with Crippen LogP contribution < -0.4 is 5.32 Å². The van der Waals surface area contributed by atoms with Crippen LogP contribution >= 0.6 is 0 Å². The average Bonchev–Trinajstić information content (AvgIpc) is 2.82. The zero-order valence-corrected chi connectivity index (χ0v) is 11.2. The molecule has 1 heterocycles. The molecule has 1 aromatic carbocycles. The summed E-state index contributed by atoms with van der Waals surface area (Å²) in [6, 6.07) is -0.493. The first-order valence-electron chi connectivity index (χ1n) is 6.00. The SMILES string of the molecule is Cn1cc(C(=O)N[C@H](c2c(F)cccc2F)C(F)(F)F)cn1. The second-order valence-corrected chi connectivity index (χ2v) is 4.49. The van der Waals surface area contributed by atoms with E-state index < -0.39 is 35.3 Å². The van der Waals surface area contributed by atoms with E-state index in [0.29, 0.717) is 12.1 Å². The molecule has 2 aromatic rings. The van der Waals surface area contributed by atoms with Gasteiger partial charge in [0.15, 0.2) is 6.04 Å². The van der Waals surface area contributed by atoms with Gasteiger partial charge in [0.05, 0.1) is 17.3 Å². The maximum atomic E-state index is 13.6. The smallest absolute Gasteiger partial charge is 0.336 e. The molecule has 0 aliphatic heterocycles. The van der Waals surface area contributed by atoms with Gasteiger partial charge in [-0.3, -0.25) is 9.48 Å². The van der Waals surface area contributed by atoms with Gasteiger partial charge in [0, 0.05) is 13.2 Å². The normalized spacial score (nSPS) is 13.0. The van der Waals surface area contributed by atoms with Gasteiger partial charge < -0.3 is 5.32 Å². The predicted molar refractivity (Wildman–Crippen MR) is 65.8 cm³/mol. The molecule has 2 rings (SSSR count). The maximum Gasteiger partial charge on any atom is 0.413 e. The Hall–Kier alpha value is -2.45. The van der Waals surface area contributed by atoms with Gasteiger partial charge in [0.2, 0.25) is 0 Å². The van der Waals surface area contributed by atoms with E-state index >= 15 is 0 Å². The van der Waals surface area contributed by atoms with E-state index in [-0.39, 0.29) is 5.56 Å². The summed E-state index contributed by atoms with van der Waals surface area (Å²) in [4.78, 5) is 11.8. The molecule has 0 saturated heterocycles. The van der Waals surface area contributed by atoms with Gasteiger partial charge in [-0.1, -0.05) is 6.07 Å². The molecule has 22 heavy (non-hydrogen) atoms. The van der Waals surface area contributed by atoms with E-state index in [1.54, 1.807) is 5.32 Å². The van der Waals surface area contributed by atoms with Gasteiger partial charge >= 0.3 is 6.18 Å². The molecule has 1 amide bonds. The molecule has 0 bridgehead atoms. The molecular formula is C13H10F5N3O. The molecule has 0 aliphatic carbocycles. The van der Waals surface area contributed by atoms with Gasteiger partial charge in [0.25, 0.3) is 5.91 Å². The summed E-state index contributed by atoms with van der Waals surface area (Å²) in [5.74, 6) is -3.93. The summed E-state index contributed by atoms with van der Waals surface area (Å²) in [6.07, 6.45) is -2.85. The lowest BCUT2D eigenvalue weighted by molar-refractivity contribution is -0.156. The lowest BCUT2D eigenvalue weighted by Gasteiger charge is -2.22. The minimum atomic E-state index is -5.07. The second kappa shape index (κ2) is 5.74. The van der Waals surface area contributed by atoms with E-state index in [0.717, 1.165) is 12.3 Å². The number of aryl methyl sites for hydroxylation is 1. The van der Waals surface area contributed by atoms with Crippen LogP contribution in [0.25, 0.3) is 0 Å². The summed E-state index contributed by atoms with van der Waals surface area (Å²) in [7, 11) is 1.47. The van der Waals surface area contributed by atoms with Crippen molar-refractivity contribution in [2.24, 2.45) is 7.05 Å². The van der Waals surface area contributed by atoms with Crippen LogP contribution in [0.1, 0.15) is 22.0 Å². The van der Waals surface area contributed by atoms with Gasteiger partial charge in [-0.15, -0.1) is 0 Å². The first-order chi connectivity index (χ1) is 10.2. The number of carbonyl (C=O) groups excluding carboxylic acids is 1. The highest BCUT2D eigenvalue weighted by Crippen LogP contribution is 2.35. The Kier molecular flexibility index (Phi) is 4.16. The third-order valence-corrected chi connectivity index (χ3v) is 2.86. The second-order valence-electron chi connectivity index (χ2n) is 4.49. The van der Waals surface area contributed by atoms with E-state index in [2.05, 4.69) is 5.10 Å². The molecule has 0 fully saturated rings. The van der Waals surface area contributed by atoms with Crippen LogP contribution in [0.3, 0.4) is 0 Å². The van der Waals surface area contributed by atoms with Crippen molar-refractivity contribution in [2.45, 2.75) is 12.2 Å². The number of amides is 1. The zero-order chi connectivity index (χ0) is 16.5. The van der Waals surface area contributed by atoms with Crippen LogP contribution in [0.2, 0.25) is 0 Å². The van der Waals surface area contributed by atoms with E-state index in [9.17, 15) is 26.7 Å². The number of nitrogens with zero attached hydrogens (tertiary/aromatic N) is 2. The minimum Gasteiger partial charge on any atom is -0.336 e. The van der Waals surface area contributed by atoms with Crippen molar-refractivity contribution < 1.29 is 26.7 Å². The highest BCUT2D eigenvalue weighted by atomic mass is 19.4. The lowest BCUT2D eigenvalue weighted by atomic mass is 10.0. The Morgan fingerprint density at radius 2 is 1.86 bits per heavy atom. The molecule has 118 valence electrons. The number of carbonyl (C=O) groups is 1. The van der Waals surface area contributed by atoms with Gasteiger partial charge in [-0.2, -0.15) is 18.3 Å². The van der Waals surface area contributed by atoms with E-state index in [4.69, 9.17) is 0 Å². The third-order valence-electron chi connectivity index (χ3n) is 2.86. The fourth-order valence-corrected chi connectivity index (χ4v) is 1.86. The molecular weight excluding hydrogens is 309 g/mol. The van der Waals surface area contributed by atoms with Crippen LogP contribution in [0.4, 0.5) is 22.0 Å².